The third-order valence-electron chi connectivity index (χ3n) is 3.49. The van der Waals surface area contributed by atoms with Crippen LogP contribution in [0.2, 0.25) is 0 Å². The summed E-state index contributed by atoms with van der Waals surface area (Å²) in [6.45, 7) is 8.70. The van der Waals surface area contributed by atoms with Crippen molar-refractivity contribution in [2.75, 3.05) is 5.32 Å². The molecule has 0 amide bonds. The van der Waals surface area contributed by atoms with Crippen LogP contribution in [-0.2, 0) is 12.0 Å². The van der Waals surface area contributed by atoms with E-state index >= 15 is 0 Å². The van der Waals surface area contributed by atoms with E-state index in [1.165, 1.54) is 0 Å². The Morgan fingerprint density at radius 3 is 2.67 bits per heavy atom. The second kappa shape index (κ2) is 6.39. The molecule has 3 heterocycles. The lowest BCUT2D eigenvalue weighted by Gasteiger charge is -2.13. The third kappa shape index (κ3) is 3.76. The van der Waals surface area contributed by atoms with Gasteiger partial charge in [-0.25, -0.2) is 15.0 Å². The molecule has 1 N–H and O–H groups in total. The van der Waals surface area contributed by atoms with Crippen LogP contribution in [-0.4, -0.2) is 19.9 Å². The van der Waals surface area contributed by atoms with Gasteiger partial charge in [-0.05, 0) is 19.1 Å². The molecule has 6 nitrogen and oxygen atoms in total. The lowest BCUT2D eigenvalue weighted by atomic mass is 9.94. The molecule has 3 aromatic rings. The molecule has 0 spiro atoms. The number of anilines is 1. The topological polar surface area (TPSA) is 76.7 Å². The minimum Gasteiger partial charge on any atom is -0.443 e. The van der Waals surface area contributed by atoms with Gasteiger partial charge >= 0.3 is 0 Å². The van der Waals surface area contributed by atoms with Gasteiger partial charge in [-0.2, -0.15) is 0 Å². The van der Waals surface area contributed by atoms with Crippen molar-refractivity contribution < 1.29 is 4.42 Å². The molecule has 0 saturated carbocycles. The number of nitrogens with zero attached hydrogens (tertiary/aromatic N) is 4. The van der Waals surface area contributed by atoms with Crippen LogP contribution in [0.25, 0.3) is 11.4 Å². The van der Waals surface area contributed by atoms with Gasteiger partial charge in [0, 0.05) is 35.1 Å². The number of hydrogen-bond donors (Lipinski definition) is 1. The number of oxazole rings is 1. The molecule has 0 saturated heterocycles. The van der Waals surface area contributed by atoms with Crippen LogP contribution in [0.3, 0.4) is 0 Å². The lowest BCUT2D eigenvalue weighted by molar-refractivity contribution is 0.385. The smallest absolute Gasteiger partial charge is 0.213 e. The molecule has 0 unspecified atom stereocenters. The summed E-state index contributed by atoms with van der Waals surface area (Å²) in [4.78, 5) is 17.4. The van der Waals surface area contributed by atoms with Crippen molar-refractivity contribution in [3.63, 3.8) is 0 Å². The minimum absolute atomic E-state index is 0.0514. The summed E-state index contributed by atoms with van der Waals surface area (Å²) in [6.07, 6.45) is 5.26. The monoisotopic (exact) mass is 323 g/mol. The maximum atomic E-state index is 5.79. The van der Waals surface area contributed by atoms with E-state index in [2.05, 4.69) is 46.0 Å². The van der Waals surface area contributed by atoms with Crippen LogP contribution in [0, 0.1) is 6.92 Å². The molecular formula is C18H21N5O. The molecule has 0 aromatic carbocycles. The number of hydrogen-bond acceptors (Lipinski definition) is 6. The quantitative estimate of drug-likeness (QED) is 0.788. The zero-order chi connectivity index (χ0) is 17.2. The number of nitrogens with one attached hydrogen (secondary N) is 1. The summed E-state index contributed by atoms with van der Waals surface area (Å²) in [5, 5.41) is 3.25. The Morgan fingerprint density at radius 2 is 2.00 bits per heavy atom. The van der Waals surface area contributed by atoms with E-state index in [9.17, 15) is 0 Å². The van der Waals surface area contributed by atoms with Crippen molar-refractivity contribution in [1.29, 1.82) is 0 Å². The summed E-state index contributed by atoms with van der Waals surface area (Å²) in [6, 6.07) is 5.71. The van der Waals surface area contributed by atoms with Crippen molar-refractivity contribution in [3.8, 4) is 11.4 Å². The summed E-state index contributed by atoms with van der Waals surface area (Å²) in [7, 11) is 0. The average Bonchev–Trinajstić information content (AvgIpc) is 3.03. The Kier molecular flexibility index (Phi) is 4.29. The zero-order valence-corrected chi connectivity index (χ0v) is 14.4. The molecule has 3 rings (SSSR count). The van der Waals surface area contributed by atoms with Gasteiger partial charge in [0.2, 0.25) is 5.89 Å². The van der Waals surface area contributed by atoms with Crippen LogP contribution in [0.4, 0.5) is 5.82 Å². The Bertz CT molecular complexity index is 821. The fraction of sp³-hybridized carbons (Fsp3) is 0.333. The first kappa shape index (κ1) is 16.1. The van der Waals surface area contributed by atoms with Crippen LogP contribution in [0.1, 0.15) is 38.1 Å². The molecular weight excluding hydrogens is 302 g/mol. The normalized spacial score (nSPS) is 11.5. The summed E-state index contributed by atoms with van der Waals surface area (Å²) >= 11 is 0. The van der Waals surface area contributed by atoms with Gasteiger partial charge in [0.15, 0.2) is 5.82 Å². The molecule has 0 aliphatic heterocycles. The van der Waals surface area contributed by atoms with Crippen molar-refractivity contribution in [2.24, 2.45) is 0 Å². The van der Waals surface area contributed by atoms with Crippen LogP contribution < -0.4 is 5.32 Å². The van der Waals surface area contributed by atoms with Gasteiger partial charge in [0.05, 0.1) is 12.7 Å². The summed E-state index contributed by atoms with van der Waals surface area (Å²) in [5.41, 5.74) is 1.72. The predicted octanol–water partition coefficient (Wildman–Crippen LogP) is 3.74. The third-order valence-corrected chi connectivity index (χ3v) is 3.49. The molecule has 0 bridgehead atoms. The molecule has 124 valence electrons. The second-order valence-electron chi connectivity index (χ2n) is 6.68. The molecule has 0 aliphatic rings. The van der Waals surface area contributed by atoms with Crippen molar-refractivity contribution in [3.05, 3.63) is 54.1 Å². The first-order valence-electron chi connectivity index (χ1n) is 7.87. The Hall–Kier alpha value is -2.76. The zero-order valence-electron chi connectivity index (χ0n) is 14.4. The predicted molar refractivity (Wildman–Crippen MR) is 92.5 cm³/mol. The van der Waals surface area contributed by atoms with Gasteiger partial charge in [-0.1, -0.05) is 20.8 Å². The van der Waals surface area contributed by atoms with E-state index in [4.69, 9.17) is 4.42 Å². The highest BCUT2D eigenvalue weighted by atomic mass is 16.4. The molecule has 0 fully saturated rings. The second-order valence-corrected chi connectivity index (χ2v) is 6.68. The Labute approximate surface area is 141 Å². The minimum atomic E-state index is -0.0514. The fourth-order valence-corrected chi connectivity index (χ4v) is 2.19. The van der Waals surface area contributed by atoms with Crippen molar-refractivity contribution in [1.82, 2.24) is 19.9 Å². The Morgan fingerprint density at radius 1 is 1.17 bits per heavy atom. The maximum absolute atomic E-state index is 5.79. The largest absolute Gasteiger partial charge is 0.443 e. The SMILES string of the molecule is Cc1cc(NCc2ncc(C(C)(C)C)o2)nc(-c2cccnc2)n1. The van der Waals surface area contributed by atoms with E-state index in [0.717, 1.165) is 22.8 Å². The molecule has 0 aliphatic carbocycles. The van der Waals surface area contributed by atoms with E-state index in [-0.39, 0.29) is 5.41 Å². The molecule has 0 radical (unpaired) electrons. The number of aromatic nitrogens is 4. The molecule has 24 heavy (non-hydrogen) atoms. The van der Waals surface area contributed by atoms with Gasteiger partial charge in [-0.3, -0.25) is 4.98 Å². The number of aryl methyl sites for hydroxylation is 1. The first-order valence-corrected chi connectivity index (χ1v) is 7.87. The molecule has 6 heteroatoms. The van der Waals surface area contributed by atoms with Crippen LogP contribution in [0.15, 0.2) is 41.2 Å². The molecule has 3 aromatic heterocycles. The highest BCUT2D eigenvalue weighted by Crippen LogP contribution is 2.23. The van der Waals surface area contributed by atoms with E-state index in [1.807, 2.05) is 25.1 Å². The van der Waals surface area contributed by atoms with Crippen LogP contribution in [0.5, 0.6) is 0 Å². The van der Waals surface area contributed by atoms with Gasteiger partial charge in [-0.15, -0.1) is 0 Å². The molecule has 0 atom stereocenters. The van der Waals surface area contributed by atoms with Crippen molar-refractivity contribution >= 4 is 5.82 Å². The Balaban J connectivity index is 1.76. The van der Waals surface area contributed by atoms with Crippen molar-refractivity contribution in [2.45, 2.75) is 39.7 Å². The number of rotatable bonds is 4. The number of pyridine rings is 1. The van der Waals surface area contributed by atoms with Gasteiger partial charge in [0.1, 0.15) is 11.6 Å². The lowest BCUT2D eigenvalue weighted by Crippen LogP contribution is -2.09. The van der Waals surface area contributed by atoms with Gasteiger partial charge < -0.3 is 9.73 Å². The maximum Gasteiger partial charge on any atom is 0.213 e. The highest BCUT2D eigenvalue weighted by Gasteiger charge is 2.19. The summed E-state index contributed by atoms with van der Waals surface area (Å²) < 4.78 is 5.79. The van der Waals surface area contributed by atoms with E-state index in [0.29, 0.717) is 18.3 Å². The first-order chi connectivity index (χ1) is 11.4. The van der Waals surface area contributed by atoms with E-state index < -0.39 is 0 Å². The fourth-order valence-electron chi connectivity index (χ4n) is 2.19. The highest BCUT2D eigenvalue weighted by molar-refractivity contribution is 5.56. The van der Waals surface area contributed by atoms with Crippen LogP contribution >= 0.6 is 0 Å². The van der Waals surface area contributed by atoms with Gasteiger partial charge in [0.25, 0.3) is 0 Å². The van der Waals surface area contributed by atoms with E-state index in [1.54, 1.807) is 18.6 Å². The standard InChI is InChI=1S/C18H21N5O/c1-12-8-15(23-17(22-12)13-6-5-7-19-9-13)20-11-16-21-10-14(24-16)18(2,3)4/h5-10H,11H2,1-4H3,(H,20,22,23). The summed E-state index contributed by atoms with van der Waals surface area (Å²) in [5.74, 6) is 2.89. The average molecular weight is 323 g/mol.